The third-order valence-electron chi connectivity index (χ3n) is 1.63. The van der Waals surface area contributed by atoms with E-state index in [2.05, 4.69) is 16.5 Å². The van der Waals surface area contributed by atoms with E-state index in [-0.39, 0.29) is 6.42 Å². The van der Waals surface area contributed by atoms with E-state index in [9.17, 15) is 33.3 Å². The van der Waals surface area contributed by atoms with Crippen molar-refractivity contribution in [1.82, 2.24) is 9.97 Å². The molecule has 0 spiro atoms. The van der Waals surface area contributed by atoms with Crippen molar-refractivity contribution in [1.29, 1.82) is 0 Å². The summed E-state index contributed by atoms with van der Waals surface area (Å²) in [6.07, 6.45) is -3.48. The lowest BCUT2D eigenvalue weighted by atomic mass is 10.4. The molecule has 6 N–H and O–H groups in total. The number of rotatable bonds is 4. The number of hydrogen-bond donors (Lipinski definition) is 4. The van der Waals surface area contributed by atoms with E-state index in [1.807, 2.05) is 0 Å². The highest BCUT2D eigenvalue weighted by Crippen LogP contribution is 2.20. The van der Waals surface area contributed by atoms with Crippen LogP contribution in [0.3, 0.4) is 0 Å². The Morgan fingerprint density at radius 3 is 2.10 bits per heavy atom. The van der Waals surface area contributed by atoms with Crippen molar-refractivity contribution in [2.45, 2.75) is 12.8 Å². The van der Waals surface area contributed by atoms with Crippen molar-refractivity contribution in [3.05, 3.63) is 26.3 Å². The highest BCUT2D eigenvalue weighted by atomic mass is 19.3. The van der Waals surface area contributed by atoms with Crippen LogP contribution in [-0.4, -0.2) is 31.8 Å². The third kappa shape index (κ3) is 6.04. The molecule has 1 aromatic heterocycles. The van der Waals surface area contributed by atoms with Crippen molar-refractivity contribution in [3.63, 3.8) is 0 Å². The number of aromatic hydroxyl groups is 1. The predicted molar refractivity (Wildman–Crippen MR) is 61.1 cm³/mol. The molecule has 0 aliphatic heterocycles. The fourth-order valence-corrected chi connectivity index (χ4v) is 0.912. The fourth-order valence-electron chi connectivity index (χ4n) is 0.912. The first-order chi connectivity index (χ1) is 9.56. The molecule has 1 heterocycles. The Bertz CT molecular complexity index is 604. The molecule has 0 atom stereocenters. The number of halogens is 2. The maximum atomic E-state index is 11.9. The molecule has 2 amide bonds. The number of nitrogens with zero attached hydrogens (tertiary/aromatic N) is 2. The minimum atomic E-state index is -3.12. The van der Waals surface area contributed by atoms with Crippen LogP contribution in [0, 0.1) is 10.1 Å². The number of H-pyrrole nitrogens is 1. The quantitative estimate of drug-likeness (QED) is 0.300. The van der Waals surface area contributed by atoms with E-state index >= 15 is 0 Å². The van der Waals surface area contributed by atoms with Crippen LogP contribution in [0.25, 0.3) is 0 Å². The van der Waals surface area contributed by atoms with E-state index in [4.69, 9.17) is 5.11 Å². The molecule has 0 radical (unpaired) electrons. The Labute approximate surface area is 113 Å². The molecular weight excluding hydrogens is 300 g/mol. The summed E-state index contributed by atoms with van der Waals surface area (Å²) >= 11 is 0. The Morgan fingerprint density at radius 2 is 1.86 bits per heavy atom. The zero-order valence-electron chi connectivity index (χ0n) is 10.1. The van der Waals surface area contributed by atoms with E-state index in [0.29, 0.717) is 0 Å². The number of nitrogens with one attached hydrogen (secondary N) is 1. The zero-order valence-corrected chi connectivity index (χ0v) is 10.1. The highest BCUT2D eigenvalue weighted by Gasteiger charge is 2.24. The van der Waals surface area contributed by atoms with Crippen molar-refractivity contribution in [3.8, 4) is 5.88 Å². The number of nitro groups is 1. The maximum Gasteiger partial charge on any atom is 0.395 e. The second-order valence-corrected chi connectivity index (χ2v) is 3.29. The average molecular weight is 309 g/mol. The van der Waals surface area contributed by atoms with Crippen LogP contribution in [0.4, 0.5) is 14.5 Å². The van der Waals surface area contributed by atoms with Gasteiger partial charge in [0.1, 0.15) is 6.42 Å². The van der Waals surface area contributed by atoms with Gasteiger partial charge in [-0.05, 0) is 0 Å². The first-order valence-corrected chi connectivity index (χ1v) is 4.88. The lowest BCUT2D eigenvalue weighted by Gasteiger charge is -1.98. The average Bonchev–Trinajstić information content (AvgIpc) is 2.25. The summed E-state index contributed by atoms with van der Waals surface area (Å²) in [7, 11) is 0. The molecule has 0 aliphatic rings. The molecule has 0 fully saturated rings. The van der Waals surface area contributed by atoms with Crippen LogP contribution in [0.5, 0.6) is 5.88 Å². The lowest BCUT2D eigenvalue weighted by molar-refractivity contribution is -0.387. The van der Waals surface area contributed by atoms with Crippen molar-refractivity contribution < 1.29 is 28.4 Å². The van der Waals surface area contributed by atoms with Crippen molar-refractivity contribution in [2.24, 2.45) is 11.5 Å². The molecule has 13 heteroatoms. The number of aromatic amines is 1. The second-order valence-electron chi connectivity index (χ2n) is 3.29. The van der Waals surface area contributed by atoms with Gasteiger partial charge in [0.05, 0.1) is 4.92 Å². The summed E-state index contributed by atoms with van der Waals surface area (Å²) in [5.41, 5.74) is 6.43. The third-order valence-corrected chi connectivity index (χ3v) is 1.63. The van der Waals surface area contributed by atoms with Gasteiger partial charge in [-0.3, -0.25) is 29.5 Å². The van der Waals surface area contributed by atoms with E-state index in [1.165, 1.54) is 4.98 Å². The molecule has 0 aromatic carbocycles. The van der Waals surface area contributed by atoms with E-state index in [0.717, 1.165) is 0 Å². The van der Waals surface area contributed by atoms with Gasteiger partial charge in [-0.1, -0.05) is 0 Å². The van der Waals surface area contributed by atoms with Crippen molar-refractivity contribution >= 4 is 17.5 Å². The van der Waals surface area contributed by atoms with E-state index < -0.39 is 46.1 Å². The number of amides is 2. The summed E-state index contributed by atoms with van der Waals surface area (Å²) in [6, 6.07) is 0. The second kappa shape index (κ2) is 7.46. The van der Waals surface area contributed by atoms with Crippen LogP contribution in [0.15, 0.2) is 4.79 Å². The summed E-state index contributed by atoms with van der Waals surface area (Å²) in [5, 5.41) is 18.9. The summed E-state index contributed by atoms with van der Waals surface area (Å²) in [6.45, 7) is 0. The van der Waals surface area contributed by atoms with Crippen LogP contribution < -0.4 is 17.0 Å². The smallest absolute Gasteiger partial charge is 0.395 e. The summed E-state index contributed by atoms with van der Waals surface area (Å²) < 4.78 is 23.9. The number of carbonyl (C=O) groups excluding carboxylic acids is 2. The molecule has 1 rings (SSSR count). The van der Waals surface area contributed by atoms with Crippen LogP contribution >= 0.6 is 0 Å². The number of alkyl halides is 2. The number of nitrogens with two attached hydrogens (primary N) is 2. The Balaban J connectivity index is 0.000000486. The van der Waals surface area contributed by atoms with Gasteiger partial charge in [-0.15, -0.1) is 0 Å². The van der Waals surface area contributed by atoms with Crippen molar-refractivity contribution in [2.75, 3.05) is 0 Å². The minimum absolute atomic E-state index is 0.361. The minimum Gasteiger partial charge on any atom is -0.488 e. The van der Waals surface area contributed by atoms with Gasteiger partial charge < -0.3 is 16.6 Å². The van der Waals surface area contributed by atoms with Gasteiger partial charge >= 0.3 is 11.2 Å². The molecule has 0 aliphatic carbocycles. The molecule has 21 heavy (non-hydrogen) atoms. The molecule has 116 valence electrons. The standard InChI is InChI=1S/C5H3F2N3O4.C3H6N2O2/c6-2(7)3-8-4(11)1(10(13)14)5(12)9-3;4-2(6)1-3(5)7/h2H,(H2,8,9,11,12);1H2,(H2,4,6)(H2,5,7). The summed E-state index contributed by atoms with van der Waals surface area (Å²) in [5.74, 6) is -3.81. The number of carbonyl (C=O) groups is 2. The van der Waals surface area contributed by atoms with Gasteiger partial charge in [-0.25, -0.2) is 8.78 Å². The first kappa shape index (κ1) is 17.9. The normalized spacial score (nSPS) is 9.67. The van der Waals surface area contributed by atoms with Crippen LogP contribution in [0.2, 0.25) is 0 Å². The van der Waals surface area contributed by atoms with Gasteiger partial charge in [0.2, 0.25) is 11.8 Å². The number of aromatic nitrogens is 2. The van der Waals surface area contributed by atoms with E-state index in [1.54, 1.807) is 0 Å². The Morgan fingerprint density at radius 1 is 1.38 bits per heavy atom. The van der Waals surface area contributed by atoms with Gasteiger partial charge in [-0.2, -0.15) is 4.98 Å². The Kier molecular flexibility index (Phi) is 6.36. The predicted octanol–water partition coefficient (Wildman–Crippen LogP) is -1.33. The first-order valence-electron chi connectivity index (χ1n) is 4.88. The molecule has 0 saturated heterocycles. The SMILES string of the molecule is NC(=O)CC(N)=O.O=c1[nH]c(C(F)F)nc(O)c1[N+](=O)[O-]. The van der Waals surface area contributed by atoms with Crippen LogP contribution in [0.1, 0.15) is 18.7 Å². The molecular formula is C8H9F2N5O6. The topological polar surface area (TPSA) is 195 Å². The fraction of sp³-hybridized carbons (Fsp3) is 0.250. The lowest BCUT2D eigenvalue weighted by Crippen LogP contribution is -2.21. The van der Waals surface area contributed by atoms with Gasteiger partial charge in [0.15, 0.2) is 5.82 Å². The monoisotopic (exact) mass is 309 g/mol. The van der Waals surface area contributed by atoms with Gasteiger partial charge in [0.25, 0.3) is 12.3 Å². The largest absolute Gasteiger partial charge is 0.488 e. The molecule has 0 bridgehead atoms. The maximum absolute atomic E-state index is 11.9. The molecule has 0 saturated carbocycles. The summed E-state index contributed by atoms with van der Waals surface area (Å²) in [4.78, 5) is 43.4. The molecule has 1 aromatic rings. The number of primary amides is 2. The molecule has 11 nitrogen and oxygen atoms in total. The van der Waals surface area contributed by atoms with Crippen LogP contribution in [-0.2, 0) is 9.59 Å². The number of hydrogen-bond acceptors (Lipinski definition) is 7. The molecule has 0 unspecified atom stereocenters. The zero-order chi connectivity index (χ0) is 16.7. The van der Waals surface area contributed by atoms with Gasteiger partial charge in [0, 0.05) is 0 Å². The Hall–Kier alpha value is -3.12. The highest BCUT2D eigenvalue weighted by molar-refractivity contribution is 5.95.